The number of ether oxygens (including phenoxy) is 1. The van der Waals surface area contributed by atoms with Crippen LogP contribution in [0.25, 0.3) is 0 Å². The van der Waals surface area contributed by atoms with Crippen LogP contribution in [0.3, 0.4) is 0 Å². The van der Waals surface area contributed by atoms with E-state index in [9.17, 15) is 14.0 Å². The van der Waals surface area contributed by atoms with Gasteiger partial charge in [0.2, 0.25) is 0 Å². The van der Waals surface area contributed by atoms with Crippen LogP contribution in [-0.2, 0) is 6.54 Å². The van der Waals surface area contributed by atoms with Gasteiger partial charge in [0.25, 0.3) is 11.8 Å². The van der Waals surface area contributed by atoms with Gasteiger partial charge in [-0.3, -0.25) is 19.5 Å². The number of anilines is 1. The number of nitrogens with zero attached hydrogens (tertiary/aromatic N) is 3. The summed E-state index contributed by atoms with van der Waals surface area (Å²) in [5, 5.41) is 2.92. The number of carbonyl (C=O) groups is 2. The molecule has 1 aliphatic heterocycles. The number of rotatable bonds is 7. The molecule has 194 valence electrons. The van der Waals surface area contributed by atoms with Crippen molar-refractivity contribution in [3.8, 4) is 5.75 Å². The van der Waals surface area contributed by atoms with Gasteiger partial charge in [-0.05, 0) is 62.9 Å². The lowest BCUT2D eigenvalue weighted by Gasteiger charge is -2.38. The number of fused-ring (bicyclic) bond motifs is 1. The number of hydrogen-bond acceptors (Lipinski definition) is 5. The maximum absolute atomic E-state index is 13.6. The van der Waals surface area contributed by atoms with Crippen LogP contribution in [-0.4, -0.2) is 58.9 Å². The minimum atomic E-state index is -0.312. The number of hydrogen-bond donors (Lipinski definition) is 1. The lowest BCUT2D eigenvalue weighted by molar-refractivity contribution is 0.0433. The number of likely N-dealkylation sites (N-methyl/N-ethyl adjacent to an activating group) is 1. The molecule has 4 rings (SSSR count). The molecule has 1 aliphatic rings. The molecule has 37 heavy (non-hydrogen) atoms. The van der Waals surface area contributed by atoms with E-state index in [1.807, 2.05) is 25.8 Å². The average Bonchev–Trinajstić information content (AvgIpc) is 2.88. The highest BCUT2D eigenvalue weighted by atomic mass is 19.1. The SMILES string of the molecule is CC(C)N1C[C@@H](C)[C@H](CN(C)Cc2ccc(F)cc2)Oc2c(NC(=O)c3ccncc3)cccc2C1=O. The van der Waals surface area contributed by atoms with Crippen molar-refractivity contribution >= 4 is 17.5 Å². The van der Waals surface area contributed by atoms with E-state index in [1.54, 1.807) is 54.9 Å². The molecule has 2 atom stereocenters. The van der Waals surface area contributed by atoms with Gasteiger partial charge in [-0.1, -0.05) is 25.1 Å². The fraction of sp³-hybridized carbons (Fsp3) is 0.345. The van der Waals surface area contributed by atoms with Crippen LogP contribution in [0.1, 0.15) is 47.1 Å². The zero-order valence-electron chi connectivity index (χ0n) is 21.6. The second-order valence-electron chi connectivity index (χ2n) is 9.88. The summed E-state index contributed by atoms with van der Waals surface area (Å²) in [4.78, 5) is 34.4. The number of benzene rings is 2. The van der Waals surface area contributed by atoms with Crippen LogP contribution < -0.4 is 10.1 Å². The number of carbonyl (C=O) groups excluding carboxylic acids is 2. The van der Waals surface area contributed by atoms with Gasteiger partial charge in [-0.15, -0.1) is 0 Å². The number of para-hydroxylation sites is 1. The van der Waals surface area contributed by atoms with Crippen LogP contribution in [0, 0.1) is 11.7 Å². The highest BCUT2D eigenvalue weighted by Gasteiger charge is 2.34. The lowest BCUT2D eigenvalue weighted by atomic mass is 9.99. The molecule has 3 aromatic rings. The normalized spacial score (nSPS) is 17.7. The molecule has 0 aliphatic carbocycles. The van der Waals surface area contributed by atoms with Gasteiger partial charge in [0.15, 0.2) is 5.75 Å². The van der Waals surface area contributed by atoms with Crippen molar-refractivity contribution in [1.82, 2.24) is 14.8 Å². The minimum absolute atomic E-state index is 0.00596. The Balaban J connectivity index is 1.65. The Morgan fingerprint density at radius 2 is 1.86 bits per heavy atom. The Morgan fingerprint density at radius 1 is 1.16 bits per heavy atom. The largest absolute Gasteiger partial charge is 0.486 e. The molecule has 0 radical (unpaired) electrons. The Labute approximate surface area is 217 Å². The second kappa shape index (κ2) is 11.5. The third-order valence-corrected chi connectivity index (χ3v) is 6.57. The topological polar surface area (TPSA) is 74.8 Å². The van der Waals surface area contributed by atoms with Gasteiger partial charge < -0.3 is 15.0 Å². The molecule has 0 fully saturated rings. The number of amides is 2. The van der Waals surface area contributed by atoms with Crippen LogP contribution in [0.2, 0.25) is 0 Å². The maximum Gasteiger partial charge on any atom is 0.257 e. The predicted molar refractivity (Wildman–Crippen MR) is 141 cm³/mol. The van der Waals surface area contributed by atoms with Crippen molar-refractivity contribution in [3.63, 3.8) is 0 Å². The van der Waals surface area contributed by atoms with Crippen LogP contribution >= 0.6 is 0 Å². The van der Waals surface area contributed by atoms with Crippen molar-refractivity contribution in [1.29, 1.82) is 0 Å². The van der Waals surface area contributed by atoms with Gasteiger partial charge in [0.05, 0.1) is 11.3 Å². The first-order chi connectivity index (χ1) is 17.7. The molecule has 2 amide bonds. The molecule has 8 heteroatoms. The van der Waals surface area contributed by atoms with Crippen molar-refractivity contribution in [3.05, 3.63) is 89.5 Å². The summed E-state index contributed by atoms with van der Waals surface area (Å²) in [6.07, 6.45) is 2.84. The third kappa shape index (κ3) is 6.32. The fourth-order valence-corrected chi connectivity index (χ4v) is 4.50. The Bertz CT molecular complexity index is 1230. The summed E-state index contributed by atoms with van der Waals surface area (Å²) in [5.74, 6) is -0.325. The molecule has 1 N–H and O–H groups in total. The van der Waals surface area contributed by atoms with E-state index in [0.29, 0.717) is 42.2 Å². The molecule has 0 unspecified atom stereocenters. The van der Waals surface area contributed by atoms with Crippen LogP contribution in [0.15, 0.2) is 67.0 Å². The molecule has 0 saturated carbocycles. The minimum Gasteiger partial charge on any atom is -0.486 e. The second-order valence-corrected chi connectivity index (χ2v) is 9.88. The van der Waals surface area contributed by atoms with Crippen LogP contribution in [0.5, 0.6) is 5.75 Å². The zero-order chi connectivity index (χ0) is 26.5. The number of pyridine rings is 1. The maximum atomic E-state index is 13.6. The molecule has 7 nitrogen and oxygen atoms in total. The smallest absolute Gasteiger partial charge is 0.257 e. The summed E-state index contributed by atoms with van der Waals surface area (Å²) in [6.45, 7) is 7.80. The standard InChI is InChI=1S/C29H33FN4O3/c1-19(2)34-16-20(3)26(18-33(4)17-21-8-10-23(30)11-9-21)37-27-24(29(34)36)6-5-7-25(27)32-28(35)22-12-14-31-15-13-22/h5-15,19-20,26H,16-18H2,1-4H3,(H,32,35)/t20-,26+/m1/s1. The van der Waals surface area contributed by atoms with Crippen molar-refractivity contribution in [2.45, 2.75) is 39.5 Å². The van der Waals surface area contributed by atoms with E-state index in [1.165, 1.54) is 12.1 Å². The molecular formula is C29H33FN4O3. The van der Waals surface area contributed by atoms with E-state index >= 15 is 0 Å². The van der Waals surface area contributed by atoms with Gasteiger partial charge >= 0.3 is 0 Å². The molecular weight excluding hydrogens is 471 g/mol. The number of halogens is 1. The Hall–Kier alpha value is -3.78. The first-order valence-electron chi connectivity index (χ1n) is 12.5. The lowest BCUT2D eigenvalue weighted by Crippen LogP contribution is -2.48. The highest BCUT2D eigenvalue weighted by Crippen LogP contribution is 2.35. The molecule has 0 saturated heterocycles. The fourth-order valence-electron chi connectivity index (χ4n) is 4.50. The summed E-state index contributed by atoms with van der Waals surface area (Å²) >= 11 is 0. The highest BCUT2D eigenvalue weighted by molar-refractivity contribution is 6.07. The van der Waals surface area contributed by atoms with Gasteiger partial charge in [0, 0.05) is 49.6 Å². The summed E-state index contributed by atoms with van der Waals surface area (Å²) < 4.78 is 19.9. The molecule has 2 aromatic carbocycles. The Kier molecular flexibility index (Phi) is 8.18. The van der Waals surface area contributed by atoms with Crippen LogP contribution in [0.4, 0.5) is 10.1 Å². The summed E-state index contributed by atoms with van der Waals surface area (Å²) in [7, 11) is 1.99. The first kappa shape index (κ1) is 26.3. The van der Waals surface area contributed by atoms with E-state index in [4.69, 9.17) is 4.74 Å². The van der Waals surface area contributed by atoms with E-state index in [2.05, 4.69) is 22.1 Å². The van der Waals surface area contributed by atoms with E-state index in [0.717, 1.165) is 5.56 Å². The van der Waals surface area contributed by atoms with E-state index in [-0.39, 0.29) is 35.7 Å². The first-order valence-corrected chi connectivity index (χ1v) is 12.5. The number of aromatic nitrogens is 1. The monoisotopic (exact) mass is 504 g/mol. The Morgan fingerprint density at radius 3 is 2.54 bits per heavy atom. The van der Waals surface area contributed by atoms with Gasteiger partial charge in [-0.2, -0.15) is 0 Å². The van der Waals surface area contributed by atoms with Crippen molar-refractivity contribution in [2.24, 2.45) is 5.92 Å². The molecule has 1 aromatic heterocycles. The third-order valence-electron chi connectivity index (χ3n) is 6.57. The molecule has 0 bridgehead atoms. The predicted octanol–water partition coefficient (Wildman–Crippen LogP) is 4.85. The van der Waals surface area contributed by atoms with Gasteiger partial charge in [-0.25, -0.2) is 4.39 Å². The summed E-state index contributed by atoms with van der Waals surface area (Å²) in [5.41, 5.74) is 2.31. The summed E-state index contributed by atoms with van der Waals surface area (Å²) in [6, 6.07) is 14.9. The van der Waals surface area contributed by atoms with E-state index < -0.39 is 0 Å². The number of nitrogens with one attached hydrogen (secondary N) is 1. The average molecular weight is 505 g/mol. The van der Waals surface area contributed by atoms with Crippen molar-refractivity contribution < 1.29 is 18.7 Å². The molecule has 2 heterocycles. The van der Waals surface area contributed by atoms with Crippen molar-refractivity contribution in [2.75, 3.05) is 25.5 Å². The molecule has 0 spiro atoms. The zero-order valence-corrected chi connectivity index (χ0v) is 21.6. The quantitative estimate of drug-likeness (QED) is 0.498. The van der Waals surface area contributed by atoms with Gasteiger partial charge in [0.1, 0.15) is 11.9 Å².